The van der Waals surface area contributed by atoms with E-state index in [1.807, 2.05) is 66.9 Å². The van der Waals surface area contributed by atoms with E-state index in [4.69, 9.17) is 4.98 Å². The second-order valence-electron chi connectivity index (χ2n) is 8.12. The molecule has 2 aromatic heterocycles. The van der Waals surface area contributed by atoms with Crippen LogP contribution in [0.3, 0.4) is 0 Å². The zero-order chi connectivity index (χ0) is 22.6. The van der Waals surface area contributed by atoms with Crippen molar-refractivity contribution in [3.8, 4) is 39.5 Å². The summed E-state index contributed by atoms with van der Waals surface area (Å²) in [6.07, 6.45) is 1.82. The van der Waals surface area contributed by atoms with Crippen LogP contribution >= 0.6 is 0 Å². The molecule has 2 heterocycles. The molecule has 1 atom stereocenters. The van der Waals surface area contributed by atoms with E-state index in [1.54, 1.807) is 6.07 Å². The van der Waals surface area contributed by atoms with Gasteiger partial charge in [0.15, 0.2) is 0 Å². The number of hydrogen-bond acceptors (Lipinski definition) is 3. The molecule has 3 heteroatoms. The lowest BCUT2D eigenvalue weighted by molar-refractivity contribution is 0.477. The van der Waals surface area contributed by atoms with Gasteiger partial charge < -0.3 is 5.11 Å². The van der Waals surface area contributed by atoms with Crippen LogP contribution in [0.1, 0.15) is 24.0 Å². The second-order valence-corrected chi connectivity index (χ2v) is 8.12. The normalized spacial score (nSPS) is 11.8. The number of pyridine rings is 2. The first kappa shape index (κ1) is 20.7. The Morgan fingerprint density at radius 3 is 2.03 bits per heavy atom. The van der Waals surface area contributed by atoms with Crippen LogP contribution in [0.25, 0.3) is 33.8 Å². The van der Waals surface area contributed by atoms with Crippen molar-refractivity contribution in [3.63, 3.8) is 0 Å². The molecule has 0 fully saturated rings. The van der Waals surface area contributed by atoms with Gasteiger partial charge in [-0.1, -0.05) is 61.5 Å². The van der Waals surface area contributed by atoms with Gasteiger partial charge in [-0.25, -0.2) is 4.98 Å². The Morgan fingerprint density at radius 2 is 1.27 bits per heavy atom. The average Bonchev–Trinajstić information content (AvgIpc) is 2.89. The van der Waals surface area contributed by atoms with Gasteiger partial charge in [-0.15, -0.1) is 0 Å². The quantitative estimate of drug-likeness (QED) is 0.319. The molecule has 0 spiro atoms. The summed E-state index contributed by atoms with van der Waals surface area (Å²) in [4.78, 5) is 9.48. The molecule has 160 valence electrons. The van der Waals surface area contributed by atoms with E-state index in [0.717, 1.165) is 33.8 Å². The fraction of sp³-hybridized carbons (Fsp3) is 0.0667. The van der Waals surface area contributed by atoms with Gasteiger partial charge in [0.05, 0.1) is 17.1 Å². The van der Waals surface area contributed by atoms with E-state index in [0.29, 0.717) is 0 Å². The molecule has 1 unspecified atom stereocenters. The van der Waals surface area contributed by atoms with E-state index in [2.05, 4.69) is 54.4 Å². The van der Waals surface area contributed by atoms with E-state index >= 15 is 0 Å². The molecule has 0 aliphatic carbocycles. The molecule has 0 saturated heterocycles. The molecule has 3 nitrogen and oxygen atoms in total. The van der Waals surface area contributed by atoms with Gasteiger partial charge in [0.25, 0.3) is 0 Å². The van der Waals surface area contributed by atoms with Crippen LogP contribution in [0.5, 0.6) is 5.75 Å². The van der Waals surface area contributed by atoms with E-state index in [1.165, 1.54) is 11.1 Å². The van der Waals surface area contributed by atoms with Crippen molar-refractivity contribution in [3.05, 3.63) is 127 Å². The van der Waals surface area contributed by atoms with Crippen molar-refractivity contribution in [2.75, 3.05) is 0 Å². The first-order valence-corrected chi connectivity index (χ1v) is 11.1. The Morgan fingerprint density at radius 1 is 0.606 bits per heavy atom. The van der Waals surface area contributed by atoms with E-state index in [-0.39, 0.29) is 11.7 Å². The summed E-state index contributed by atoms with van der Waals surface area (Å²) in [5.74, 6) is 0.442. The minimum atomic E-state index is 0.218. The molecule has 0 aliphatic rings. The average molecular weight is 429 g/mol. The fourth-order valence-electron chi connectivity index (χ4n) is 4.10. The van der Waals surface area contributed by atoms with Crippen LogP contribution in [0, 0.1) is 0 Å². The van der Waals surface area contributed by atoms with Gasteiger partial charge in [-0.3, -0.25) is 4.98 Å². The highest BCUT2D eigenvalue weighted by atomic mass is 16.3. The monoisotopic (exact) mass is 428 g/mol. The lowest BCUT2D eigenvalue weighted by Gasteiger charge is -2.16. The number of nitrogens with zero attached hydrogens (tertiary/aromatic N) is 2. The first-order valence-electron chi connectivity index (χ1n) is 11.1. The summed E-state index contributed by atoms with van der Waals surface area (Å²) >= 11 is 0. The fourth-order valence-corrected chi connectivity index (χ4v) is 4.10. The van der Waals surface area contributed by atoms with Crippen molar-refractivity contribution < 1.29 is 5.11 Å². The summed E-state index contributed by atoms with van der Waals surface area (Å²) in [5, 5.41) is 10.3. The molecule has 0 aliphatic heterocycles. The second kappa shape index (κ2) is 9.09. The maximum atomic E-state index is 10.3. The highest BCUT2D eigenvalue weighted by Gasteiger charge is 2.14. The molecule has 0 bridgehead atoms. The van der Waals surface area contributed by atoms with E-state index in [9.17, 15) is 5.11 Å². The number of aromatic nitrogens is 2. The SMILES string of the molecule is CC(c1ccccc1)c1cc(-c2ccccn2)cc(-c2cccc(-c3ccccc3O)n2)c1. The van der Waals surface area contributed by atoms with Crippen LogP contribution < -0.4 is 0 Å². The number of para-hydroxylation sites is 1. The smallest absolute Gasteiger partial charge is 0.124 e. The van der Waals surface area contributed by atoms with Crippen LogP contribution in [-0.4, -0.2) is 15.1 Å². The molecule has 5 rings (SSSR count). The summed E-state index contributed by atoms with van der Waals surface area (Å²) in [5.41, 5.74) is 7.79. The van der Waals surface area contributed by atoms with Gasteiger partial charge in [-0.05, 0) is 65.7 Å². The summed E-state index contributed by atoms with van der Waals surface area (Å²) in [7, 11) is 0. The molecule has 3 aromatic carbocycles. The third-order valence-electron chi connectivity index (χ3n) is 5.94. The lowest BCUT2D eigenvalue weighted by atomic mass is 9.89. The minimum absolute atomic E-state index is 0.218. The number of aromatic hydroxyl groups is 1. The Bertz CT molecular complexity index is 1380. The van der Waals surface area contributed by atoms with Gasteiger partial charge in [0, 0.05) is 28.8 Å². The molecule has 0 saturated carbocycles. The van der Waals surface area contributed by atoms with Crippen molar-refractivity contribution in [2.24, 2.45) is 0 Å². The third-order valence-corrected chi connectivity index (χ3v) is 5.94. The maximum absolute atomic E-state index is 10.3. The zero-order valence-corrected chi connectivity index (χ0v) is 18.4. The number of phenols is 1. The number of rotatable bonds is 5. The molecule has 33 heavy (non-hydrogen) atoms. The molecule has 5 aromatic rings. The number of benzene rings is 3. The Labute approximate surface area is 194 Å². The molecular formula is C30H24N2O. The predicted octanol–water partition coefficient (Wildman–Crippen LogP) is 7.34. The zero-order valence-electron chi connectivity index (χ0n) is 18.4. The largest absolute Gasteiger partial charge is 0.507 e. The van der Waals surface area contributed by atoms with Gasteiger partial charge in [0.2, 0.25) is 0 Å². The molecule has 0 amide bonds. The van der Waals surface area contributed by atoms with Crippen LogP contribution in [-0.2, 0) is 0 Å². The molecular weight excluding hydrogens is 404 g/mol. The standard InChI is InChI=1S/C30H24N2O/c1-21(22-10-3-2-4-11-22)23-18-24(27-13-7-8-17-31-27)20-25(19-23)28-14-9-15-29(32-28)26-12-5-6-16-30(26)33/h2-21,33H,1H3. The highest BCUT2D eigenvalue weighted by Crippen LogP contribution is 2.34. The van der Waals surface area contributed by atoms with Crippen LogP contribution in [0.2, 0.25) is 0 Å². The minimum Gasteiger partial charge on any atom is -0.507 e. The number of phenolic OH excluding ortho intramolecular Hbond substituents is 1. The van der Waals surface area contributed by atoms with Crippen LogP contribution in [0.4, 0.5) is 0 Å². The molecule has 0 radical (unpaired) electrons. The maximum Gasteiger partial charge on any atom is 0.124 e. The van der Waals surface area contributed by atoms with Crippen molar-refractivity contribution >= 4 is 0 Å². The molecule has 1 N–H and O–H groups in total. The predicted molar refractivity (Wildman–Crippen MR) is 134 cm³/mol. The van der Waals surface area contributed by atoms with Gasteiger partial charge in [-0.2, -0.15) is 0 Å². The van der Waals surface area contributed by atoms with Crippen LogP contribution in [0.15, 0.2) is 115 Å². The van der Waals surface area contributed by atoms with Gasteiger partial charge in [0.1, 0.15) is 5.75 Å². The van der Waals surface area contributed by atoms with Crippen molar-refractivity contribution in [1.29, 1.82) is 0 Å². The Hall–Kier alpha value is -4.24. The Kier molecular flexibility index (Phi) is 5.69. The third kappa shape index (κ3) is 4.39. The summed E-state index contributed by atoms with van der Waals surface area (Å²) in [6.45, 7) is 2.22. The van der Waals surface area contributed by atoms with E-state index < -0.39 is 0 Å². The highest BCUT2D eigenvalue weighted by molar-refractivity contribution is 5.74. The van der Waals surface area contributed by atoms with Crippen molar-refractivity contribution in [2.45, 2.75) is 12.8 Å². The lowest BCUT2D eigenvalue weighted by Crippen LogP contribution is -1.98. The first-order chi connectivity index (χ1) is 16.2. The Balaban J connectivity index is 1.64. The number of hydrogen-bond donors (Lipinski definition) is 1. The van der Waals surface area contributed by atoms with Gasteiger partial charge >= 0.3 is 0 Å². The topological polar surface area (TPSA) is 46.0 Å². The summed E-state index contributed by atoms with van der Waals surface area (Å²) < 4.78 is 0. The summed E-state index contributed by atoms with van der Waals surface area (Å²) in [6, 6.07) is 36.3. The van der Waals surface area contributed by atoms with Crippen molar-refractivity contribution in [1.82, 2.24) is 9.97 Å².